The molecule has 0 atom stereocenters. The molecule has 12 heavy (non-hydrogen) atoms. The minimum atomic E-state index is 0.905. The molecule has 0 aromatic carbocycles. The zero-order chi connectivity index (χ0) is 8.55. The van der Waals surface area contributed by atoms with Crippen molar-refractivity contribution in [2.75, 3.05) is 0 Å². The maximum absolute atomic E-state index is 3.81. The summed E-state index contributed by atoms with van der Waals surface area (Å²) in [6, 6.07) is 0. The third kappa shape index (κ3) is 0.884. The molecule has 62 valence electrons. The van der Waals surface area contributed by atoms with Crippen LogP contribution in [-0.4, -0.2) is 30.0 Å². The normalized spacial score (nSPS) is 10.5. The molecule has 0 saturated carbocycles. The largest absolute Gasteiger partial charge is 0.246 e. The van der Waals surface area contributed by atoms with E-state index in [0.29, 0.717) is 0 Å². The molecular weight excluding hydrogens is 156 g/mol. The van der Waals surface area contributed by atoms with Crippen molar-refractivity contribution < 1.29 is 0 Å². The zero-order valence-electron chi connectivity index (χ0n) is 6.84. The Morgan fingerprint density at radius 2 is 1.33 bits per heavy atom. The third-order valence-electron chi connectivity index (χ3n) is 1.69. The summed E-state index contributed by atoms with van der Waals surface area (Å²) in [6.07, 6.45) is 3.36. The molecule has 6 nitrogen and oxygen atoms in total. The highest BCUT2D eigenvalue weighted by atomic mass is 15.4. The fourth-order valence-electron chi connectivity index (χ4n) is 1.04. The van der Waals surface area contributed by atoms with Crippen LogP contribution in [0.5, 0.6) is 0 Å². The highest BCUT2D eigenvalue weighted by Gasteiger charge is 2.07. The minimum absolute atomic E-state index is 0.905. The van der Waals surface area contributed by atoms with Crippen molar-refractivity contribution in [3.8, 4) is 11.4 Å². The van der Waals surface area contributed by atoms with Crippen LogP contribution in [0.1, 0.15) is 0 Å². The van der Waals surface area contributed by atoms with Gasteiger partial charge < -0.3 is 0 Å². The molecule has 0 saturated heterocycles. The first-order valence-electron chi connectivity index (χ1n) is 3.49. The Bertz CT molecular complexity index is 348. The molecule has 2 aromatic rings. The van der Waals surface area contributed by atoms with Crippen LogP contribution in [-0.2, 0) is 14.1 Å². The van der Waals surface area contributed by atoms with Crippen LogP contribution < -0.4 is 0 Å². The van der Waals surface area contributed by atoms with Gasteiger partial charge in [0.15, 0.2) is 0 Å². The molecule has 6 heteroatoms. The quantitative estimate of drug-likeness (QED) is 0.576. The predicted molar refractivity (Wildman–Crippen MR) is 41.0 cm³/mol. The lowest BCUT2D eigenvalue weighted by molar-refractivity contribution is 0.694. The highest BCUT2D eigenvalue weighted by molar-refractivity contribution is 5.51. The Kier molecular flexibility index (Phi) is 1.39. The number of rotatable bonds is 1. The van der Waals surface area contributed by atoms with Crippen molar-refractivity contribution in [2.45, 2.75) is 0 Å². The summed E-state index contributed by atoms with van der Waals surface area (Å²) < 4.78 is 3.36. The average Bonchev–Trinajstić information content (AvgIpc) is 2.59. The number of hydrogen-bond acceptors (Lipinski definition) is 4. The zero-order valence-corrected chi connectivity index (χ0v) is 6.84. The first kappa shape index (κ1) is 6.96. The minimum Gasteiger partial charge on any atom is -0.246 e. The number of hydrogen-bond donors (Lipinski definition) is 0. The van der Waals surface area contributed by atoms with E-state index in [2.05, 4.69) is 20.6 Å². The molecule has 0 aliphatic carbocycles. The van der Waals surface area contributed by atoms with Crippen molar-refractivity contribution in [3.63, 3.8) is 0 Å². The number of aromatic nitrogens is 6. The Balaban J connectivity index is 2.57. The second kappa shape index (κ2) is 2.40. The van der Waals surface area contributed by atoms with E-state index in [9.17, 15) is 0 Å². The first-order chi connectivity index (χ1) is 5.79. The second-order valence-electron chi connectivity index (χ2n) is 2.49. The fourth-order valence-corrected chi connectivity index (χ4v) is 1.04. The van der Waals surface area contributed by atoms with Gasteiger partial charge in [-0.3, -0.25) is 0 Å². The molecule has 2 rings (SSSR count). The van der Waals surface area contributed by atoms with E-state index in [4.69, 9.17) is 0 Å². The Labute approximate surface area is 68.8 Å². The molecular formula is C6H8N6. The standard InChI is InChI=1S/C6H8N6/c1-11-5(3-7-9-11)6-4-8-10-12(6)2/h3-4H,1-2H3. The van der Waals surface area contributed by atoms with Crippen molar-refractivity contribution in [1.82, 2.24) is 30.0 Å². The van der Waals surface area contributed by atoms with Crippen molar-refractivity contribution >= 4 is 0 Å². The highest BCUT2D eigenvalue weighted by Crippen LogP contribution is 2.13. The Morgan fingerprint density at radius 3 is 1.58 bits per heavy atom. The van der Waals surface area contributed by atoms with Gasteiger partial charge in [0.25, 0.3) is 0 Å². The van der Waals surface area contributed by atoms with Gasteiger partial charge in [-0.15, -0.1) is 10.2 Å². The number of nitrogens with zero attached hydrogens (tertiary/aromatic N) is 6. The van der Waals surface area contributed by atoms with E-state index in [1.54, 1.807) is 21.8 Å². The van der Waals surface area contributed by atoms with Gasteiger partial charge in [-0.05, 0) is 0 Å². The molecule has 0 N–H and O–H groups in total. The van der Waals surface area contributed by atoms with E-state index >= 15 is 0 Å². The van der Waals surface area contributed by atoms with Crippen LogP contribution >= 0.6 is 0 Å². The molecule has 0 unspecified atom stereocenters. The van der Waals surface area contributed by atoms with Gasteiger partial charge >= 0.3 is 0 Å². The Hall–Kier alpha value is -1.72. The molecule has 0 spiro atoms. The van der Waals surface area contributed by atoms with Gasteiger partial charge in [0.05, 0.1) is 12.4 Å². The number of aryl methyl sites for hydroxylation is 2. The van der Waals surface area contributed by atoms with Crippen LogP contribution in [0.3, 0.4) is 0 Å². The molecule has 0 amide bonds. The van der Waals surface area contributed by atoms with Gasteiger partial charge in [0.1, 0.15) is 11.4 Å². The molecule has 0 aliphatic rings. The maximum atomic E-state index is 3.81. The lowest BCUT2D eigenvalue weighted by Gasteiger charge is -1.97. The second-order valence-corrected chi connectivity index (χ2v) is 2.49. The van der Waals surface area contributed by atoms with Gasteiger partial charge in [0, 0.05) is 14.1 Å². The molecule has 0 radical (unpaired) electrons. The average molecular weight is 164 g/mol. The maximum Gasteiger partial charge on any atom is 0.108 e. The summed E-state index contributed by atoms with van der Waals surface area (Å²) in [5, 5.41) is 15.1. The van der Waals surface area contributed by atoms with Crippen LogP contribution in [0.2, 0.25) is 0 Å². The lowest BCUT2D eigenvalue weighted by Crippen LogP contribution is -1.99. The lowest BCUT2D eigenvalue weighted by atomic mass is 10.3. The van der Waals surface area contributed by atoms with Crippen molar-refractivity contribution in [2.24, 2.45) is 14.1 Å². The SMILES string of the molecule is Cn1nncc1-c1cnnn1C. The fraction of sp³-hybridized carbons (Fsp3) is 0.333. The van der Waals surface area contributed by atoms with E-state index in [1.807, 2.05) is 14.1 Å². The summed E-state index contributed by atoms with van der Waals surface area (Å²) in [6.45, 7) is 0. The first-order valence-corrected chi connectivity index (χ1v) is 3.49. The predicted octanol–water partition coefficient (Wildman–Crippen LogP) is -0.389. The van der Waals surface area contributed by atoms with Crippen LogP contribution in [0.15, 0.2) is 12.4 Å². The third-order valence-corrected chi connectivity index (χ3v) is 1.69. The summed E-state index contributed by atoms with van der Waals surface area (Å²) in [5.74, 6) is 0. The van der Waals surface area contributed by atoms with Crippen molar-refractivity contribution in [3.05, 3.63) is 12.4 Å². The van der Waals surface area contributed by atoms with E-state index < -0.39 is 0 Å². The smallest absolute Gasteiger partial charge is 0.108 e. The summed E-state index contributed by atoms with van der Waals surface area (Å²) >= 11 is 0. The van der Waals surface area contributed by atoms with Crippen LogP contribution in [0.4, 0.5) is 0 Å². The van der Waals surface area contributed by atoms with Crippen LogP contribution in [0, 0.1) is 0 Å². The van der Waals surface area contributed by atoms with Gasteiger partial charge in [-0.2, -0.15) is 0 Å². The molecule has 0 fully saturated rings. The summed E-state index contributed by atoms with van der Waals surface area (Å²) in [4.78, 5) is 0. The van der Waals surface area contributed by atoms with Gasteiger partial charge in [-0.25, -0.2) is 9.36 Å². The van der Waals surface area contributed by atoms with E-state index in [-0.39, 0.29) is 0 Å². The molecule has 0 bridgehead atoms. The molecule has 2 aromatic heterocycles. The summed E-state index contributed by atoms with van der Waals surface area (Å²) in [5.41, 5.74) is 1.81. The molecule has 0 aliphatic heterocycles. The van der Waals surface area contributed by atoms with Crippen LogP contribution in [0.25, 0.3) is 11.4 Å². The van der Waals surface area contributed by atoms with Gasteiger partial charge in [0.2, 0.25) is 0 Å². The molecule has 2 heterocycles. The monoisotopic (exact) mass is 164 g/mol. The topological polar surface area (TPSA) is 61.4 Å². The summed E-state index contributed by atoms with van der Waals surface area (Å²) in [7, 11) is 3.66. The van der Waals surface area contributed by atoms with E-state index in [0.717, 1.165) is 11.4 Å². The van der Waals surface area contributed by atoms with Gasteiger partial charge in [-0.1, -0.05) is 10.4 Å². The van der Waals surface area contributed by atoms with E-state index in [1.165, 1.54) is 0 Å². The van der Waals surface area contributed by atoms with Crippen molar-refractivity contribution in [1.29, 1.82) is 0 Å². The Morgan fingerprint density at radius 1 is 0.917 bits per heavy atom.